The molecule has 7 rings (SSSR count). The van der Waals surface area contributed by atoms with E-state index in [4.69, 9.17) is 19.3 Å². The Kier molecular flexibility index (Phi) is 16.0. The largest absolute Gasteiger partial charge is 0.487 e. The van der Waals surface area contributed by atoms with Crippen LogP contribution in [0.5, 0.6) is 5.75 Å². The normalized spacial score (nSPS) is 15.8. The first-order chi connectivity index (χ1) is 31.6. The maximum Gasteiger partial charge on any atom is 0.251 e. The Hall–Kier alpha value is -5.68. The number of fused-ring (bicyclic) bond motifs is 1. The number of amides is 2. The molecule has 5 aromatic carbocycles. The van der Waals surface area contributed by atoms with Gasteiger partial charge in [-0.05, 0) is 71.0 Å². The smallest absolute Gasteiger partial charge is 0.251 e. The molecule has 13 heteroatoms. The van der Waals surface area contributed by atoms with Crippen molar-refractivity contribution in [3.8, 4) is 5.75 Å². The zero-order valence-corrected chi connectivity index (χ0v) is 40.9. The minimum Gasteiger partial charge on any atom is -0.487 e. The van der Waals surface area contributed by atoms with E-state index in [1.807, 2.05) is 127 Å². The van der Waals surface area contributed by atoms with Gasteiger partial charge in [0.05, 0.1) is 5.52 Å². The number of nitrogens with two attached hydrogens (primary N) is 1. The van der Waals surface area contributed by atoms with Gasteiger partial charge in [0.15, 0.2) is 19.5 Å². The van der Waals surface area contributed by atoms with Crippen LogP contribution in [0.2, 0.25) is 13.1 Å². The molecule has 0 aliphatic carbocycles. The summed E-state index contributed by atoms with van der Waals surface area (Å²) in [6.07, 6.45) is 0.441. The van der Waals surface area contributed by atoms with Crippen molar-refractivity contribution < 1.29 is 23.2 Å². The van der Waals surface area contributed by atoms with Crippen LogP contribution in [0.3, 0.4) is 0 Å². The number of carbonyl (C=O) groups is 2. The number of aromatic amines is 1. The maximum atomic E-state index is 13.5. The second-order valence-corrected chi connectivity index (χ2v) is 19.3. The third kappa shape index (κ3) is 10.9. The second-order valence-electron chi connectivity index (χ2n) is 17.4. The van der Waals surface area contributed by atoms with Crippen LogP contribution in [0.4, 0.5) is 0 Å². The zero-order chi connectivity index (χ0) is 45.8. The van der Waals surface area contributed by atoms with E-state index in [0.717, 1.165) is 46.2 Å². The Morgan fingerprint density at radius 2 is 1.45 bits per heavy atom. The minimum absolute atomic E-state index is 0.0164. The van der Waals surface area contributed by atoms with Crippen LogP contribution in [-0.4, -0.2) is 80.2 Å². The van der Waals surface area contributed by atoms with Crippen LogP contribution in [0.1, 0.15) is 64.4 Å². The SMILES string of the molecule is C[SiH2]OC(O[SiH2]C)C(C)(C)C(CNCc1ccc(C(=O)NCCN2CCC(C(C(N)=O)(c3ccccc3)c3ccccc3)C2)cc1)c1ccc(OCc2ccccc2)c2[nH]c(=O)ccc12. The molecule has 6 aromatic rings. The third-order valence-corrected chi connectivity index (χ3v) is 14.3. The van der Waals surface area contributed by atoms with E-state index in [-0.39, 0.29) is 35.5 Å². The van der Waals surface area contributed by atoms with Crippen LogP contribution < -0.4 is 26.7 Å². The predicted molar refractivity (Wildman–Crippen MR) is 265 cm³/mol. The predicted octanol–water partition coefficient (Wildman–Crippen LogP) is 6.15. The first-order valence-electron chi connectivity index (χ1n) is 22.8. The number of benzene rings is 5. The topological polar surface area (TPSA) is 148 Å². The van der Waals surface area contributed by atoms with Gasteiger partial charge in [0, 0.05) is 61.1 Å². The molecule has 1 fully saturated rings. The van der Waals surface area contributed by atoms with Gasteiger partial charge in [-0.2, -0.15) is 0 Å². The number of ether oxygens (including phenoxy) is 1. The molecule has 11 nitrogen and oxygen atoms in total. The Bertz CT molecular complexity index is 2500. The molecule has 65 heavy (non-hydrogen) atoms. The van der Waals surface area contributed by atoms with Crippen molar-refractivity contribution in [1.29, 1.82) is 0 Å². The number of hydrogen-bond acceptors (Lipinski definition) is 8. The molecule has 1 aliphatic heterocycles. The van der Waals surface area contributed by atoms with E-state index in [1.54, 1.807) is 6.07 Å². The average Bonchev–Trinajstić information content (AvgIpc) is 3.79. The lowest BCUT2D eigenvalue weighted by Crippen LogP contribution is -2.49. The van der Waals surface area contributed by atoms with E-state index in [2.05, 4.69) is 53.5 Å². The monoisotopic (exact) mass is 909 g/mol. The van der Waals surface area contributed by atoms with Crippen molar-refractivity contribution >= 4 is 42.2 Å². The molecule has 2 heterocycles. The van der Waals surface area contributed by atoms with E-state index in [0.29, 0.717) is 56.2 Å². The fraction of sp³-hybridized carbons (Fsp3) is 0.327. The van der Waals surface area contributed by atoms with Crippen LogP contribution in [-0.2, 0) is 32.2 Å². The van der Waals surface area contributed by atoms with Crippen molar-refractivity contribution in [1.82, 2.24) is 20.5 Å². The Labute approximate surface area is 387 Å². The average molecular weight is 910 g/mol. The van der Waals surface area contributed by atoms with Gasteiger partial charge in [-0.3, -0.25) is 14.4 Å². The van der Waals surface area contributed by atoms with Crippen molar-refractivity contribution in [3.63, 3.8) is 0 Å². The maximum absolute atomic E-state index is 13.5. The minimum atomic E-state index is -0.952. The van der Waals surface area contributed by atoms with Gasteiger partial charge < -0.3 is 39.8 Å². The lowest BCUT2D eigenvalue weighted by Gasteiger charge is -2.41. The van der Waals surface area contributed by atoms with Crippen LogP contribution in [0.15, 0.2) is 144 Å². The molecule has 0 saturated carbocycles. The summed E-state index contributed by atoms with van der Waals surface area (Å²) in [5.41, 5.74) is 10.9. The highest BCUT2D eigenvalue weighted by atomic mass is 28.2. The summed E-state index contributed by atoms with van der Waals surface area (Å²) in [6, 6.07) is 45.0. The lowest BCUT2D eigenvalue weighted by molar-refractivity contribution is -0.123. The van der Waals surface area contributed by atoms with Gasteiger partial charge in [0.2, 0.25) is 11.5 Å². The molecule has 0 bridgehead atoms. The first-order valence-corrected chi connectivity index (χ1v) is 26.8. The van der Waals surface area contributed by atoms with E-state index in [9.17, 15) is 14.4 Å². The molecule has 0 radical (unpaired) electrons. The van der Waals surface area contributed by atoms with Crippen LogP contribution >= 0.6 is 0 Å². The summed E-state index contributed by atoms with van der Waals surface area (Å²) in [6.45, 7) is 12.8. The molecule has 1 aromatic heterocycles. The highest BCUT2D eigenvalue weighted by molar-refractivity contribution is 6.26. The summed E-state index contributed by atoms with van der Waals surface area (Å²) >= 11 is 0. The number of carbonyl (C=O) groups excluding carboxylic acids is 2. The number of H-pyrrole nitrogens is 1. The molecule has 2 unspecified atom stereocenters. The Morgan fingerprint density at radius 1 is 0.815 bits per heavy atom. The summed E-state index contributed by atoms with van der Waals surface area (Å²) in [5.74, 6) is 0.0405. The number of hydrogen-bond donors (Lipinski definition) is 4. The summed E-state index contributed by atoms with van der Waals surface area (Å²) in [5, 5.41) is 7.73. The number of aromatic nitrogens is 1. The molecule has 2 atom stereocenters. The molecule has 1 saturated heterocycles. The highest BCUT2D eigenvalue weighted by Gasteiger charge is 2.49. The second kappa shape index (κ2) is 22.0. The number of primary amides is 1. The number of rotatable bonds is 22. The lowest BCUT2D eigenvalue weighted by atomic mass is 9.64. The Morgan fingerprint density at radius 3 is 2.06 bits per heavy atom. The quantitative estimate of drug-likeness (QED) is 0.0469. The fourth-order valence-electron chi connectivity index (χ4n) is 9.61. The van der Waals surface area contributed by atoms with E-state index < -0.39 is 30.4 Å². The first kappa shape index (κ1) is 47.3. The zero-order valence-electron chi connectivity index (χ0n) is 38.1. The van der Waals surface area contributed by atoms with Gasteiger partial charge in [0.1, 0.15) is 24.1 Å². The number of nitrogens with zero attached hydrogens (tertiary/aromatic N) is 1. The van der Waals surface area contributed by atoms with E-state index in [1.165, 1.54) is 0 Å². The van der Waals surface area contributed by atoms with Crippen molar-refractivity contribution in [2.75, 3.05) is 32.7 Å². The molecule has 340 valence electrons. The molecule has 0 spiro atoms. The van der Waals surface area contributed by atoms with Crippen molar-refractivity contribution in [3.05, 3.63) is 183 Å². The fourth-order valence-corrected chi connectivity index (χ4v) is 11.5. The van der Waals surface area contributed by atoms with E-state index >= 15 is 0 Å². The van der Waals surface area contributed by atoms with Gasteiger partial charge in [-0.15, -0.1) is 0 Å². The third-order valence-electron chi connectivity index (χ3n) is 13.0. The van der Waals surface area contributed by atoms with Crippen molar-refractivity contribution in [2.45, 2.75) is 64.1 Å². The van der Waals surface area contributed by atoms with Gasteiger partial charge in [-0.1, -0.05) is 136 Å². The van der Waals surface area contributed by atoms with Gasteiger partial charge >= 0.3 is 0 Å². The van der Waals surface area contributed by atoms with Crippen LogP contribution in [0.25, 0.3) is 10.9 Å². The number of likely N-dealkylation sites (tertiary alicyclic amines) is 1. The van der Waals surface area contributed by atoms with Crippen LogP contribution in [0, 0.1) is 11.3 Å². The molecule has 5 N–H and O–H groups in total. The molecule has 1 aliphatic rings. The van der Waals surface area contributed by atoms with Gasteiger partial charge in [0.25, 0.3) is 5.91 Å². The summed E-state index contributed by atoms with van der Waals surface area (Å²) < 4.78 is 19.1. The van der Waals surface area contributed by atoms with Gasteiger partial charge in [-0.25, -0.2) is 0 Å². The van der Waals surface area contributed by atoms with Crippen molar-refractivity contribution in [2.24, 2.45) is 17.1 Å². The standard InChI is InChI=1S/C52H63N5O6Si2/c1-51(2,50(62-64-3)63-65-4)44(42-24-26-45(47-43(42)25-27-46(58)56-47)61-35-37-14-8-5-9-15-37)33-54-32-36-20-22-38(23-21-36)48(59)55-29-31-57-30-28-41(34-57)52(49(53)60,39-16-10-6-11-17-39)40-18-12-7-13-19-40/h5-27,41,44,50,54H,28-35,64-65H2,1-4H3,(H2,53,60)(H,55,59)(H,56,58). The molecule has 2 amide bonds. The Balaban J connectivity index is 0.996. The number of nitrogens with one attached hydrogen (secondary N) is 3. The molecular formula is C52H63N5O6Si2. The molecular weight excluding hydrogens is 847 g/mol. The number of pyridine rings is 1. The highest BCUT2D eigenvalue weighted by Crippen LogP contribution is 2.45. The summed E-state index contributed by atoms with van der Waals surface area (Å²) in [7, 11) is -1.56. The summed E-state index contributed by atoms with van der Waals surface area (Å²) in [4.78, 5) is 44.9.